The summed E-state index contributed by atoms with van der Waals surface area (Å²) in [6, 6.07) is 17.2. The zero-order valence-electron chi connectivity index (χ0n) is 20.1. The zero-order valence-corrected chi connectivity index (χ0v) is 20.1. The van der Waals surface area contributed by atoms with Crippen molar-refractivity contribution in [2.75, 3.05) is 12.8 Å². The summed E-state index contributed by atoms with van der Waals surface area (Å²) in [5, 5.41) is 11.9. The Hall–Kier alpha value is -4.40. The fourth-order valence-electron chi connectivity index (χ4n) is 4.90. The molecule has 0 bridgehead atoms. The maximum atomic E-state index is 12.9. The highest BCUT2D eigenvalue weighted by atomic mass is 16.5. The van der Waals surface area contributed by atoms with E-state index in [2.05, 4.69) is 16.8 Å². The minimum Gasteiger partial charge on any atom is -0.457 e. The van der Waals surface area contributed by atoms with E-state index in [1.807, 2.05) is 54.6 Å². The molecular formula is C27H28N6O3. The van der Waals surface area contributed by atoms with Crippen LogP contribution in [0.25, 0.3) is 22.2 Å². The summed E-state index contributed by atoms with van der Waals surface area (Å²) in [5.41, 5.74) is 7.74. The molecule has 2 heterocycles. The third-order valence-electron chi connectivity index (χ3n) is 6.85. The molecule has 1 amide bonds. The van der Waals surface area contributed by atoms with Gasteiger partial charge in [0.1, 0.15) is 22.7 Å². The standard InChI is InChI=1S/C27H28N6O3/c1-3-22(34)32(2)18-11-13-19(14-12-18)33-25-23(26(28)29-30-27(25)35)24(31-33)17-9-15-21(16-10-17)36-20-7-5-4-6-8-20/h3-10,15-16,18-19H,1,11-14H2,2H3,(H2,28,29)(H,30,35). The van der Waals surface area contributed by atoms with Crippen LogP contribution >= 0.6 is 0 Å². The Morgan fingerprint density at radius 1 is 1.11 bits per heavy atom. The van der Waals surface area contributed by atoms with E-state index in [9.17, 15) is 9.59 Å². The van der Waals surface area contributed by atoms with Crippen molar-refractivity contribution in [3.8, 4) is 22.8 Å². The summed E-state index contributed by atoms with van der Waals surface area (Å²) < 4.78 is 7.70. The molecule has 0 aliphatic heterocycles. The number of H-pyrrole nitrogens is 1. The molecule has 0 saturated heterocycles. The fraction of sp³-hybridized carbons (Fsp3) is 0.259. The van der Waals surface area contributed by atoms with Crippen molar-refractivity contribution < 1.29 is 9.53 Å². The van der Waals surface area contributed by atoms with E-state index in [0.29, 0.717) is 22.3 Å². The molecule has 0 spiro atoms. The largest absolute Gasteiger partial charge is 0.457 e. The summed E-state index contributed by atoms with van der Waals surface area (Å²) in [6.45, 7) is 3.58. The smallest absolute Gasteiger partial charge is 0.290 e. The minimum absolute atomic E-state index is 0.00770. The third kappa shape index (κ3) is 4.35. The number of hydrogen-bond donors (Lipinski definition) is 2. The number of para-hydroxylation sites is 1. The number of ether oxygens (including phenoxy) is 1. The number of rotatable bonds is 6. The van der Waals surface area contributed by atoms with Crippen molar-refractivity contribution in [3.05, 3.63) is 77.6 Å². The number of carbonyl (C=O) groups excluding carboxylic acids is 1. The summed E-state index contributed by atoms with van der Waals surface area (Å²) in [5.74, 6) is 1.57. The number of anilines is 1. The maximum Gasteiger partial charge on any atom is 0.290 e. The van der Waals surface area contributed by atoms with Crippen LogP contribution in [0.3, 0.4) is 0 Å². The number of likely N-dealkylation sites (N-methyl/N-ethyl adjacent to an activating group) is 1. The number of fused-ring (bicyclic) bond motifs is 1. The lowest BCUT2D eigenvalue weighted by Crippen LogP contribution is -2.39. The molecule has 2 aromatic carbocycles. The third-order valence-corrected chi connectivity index (χ3v) is 6.85. The predicted molar refractivity (Wildman–Crippen MR) is 139 cm³/mol. The second-order valence-electron chi connectivity index (χ2n) is 9.01. The molecule has 2 aromatic heterocycles. The van der Waals surface area contributed by atoms with E-state index in [-0.39, 0.29) is 29.4 Å². The van der Waals surface area contributed by atoms with Gasteiger partial charge in [0.15, 0.2) is 5.82 Å². The number of hydrogen-bond acceptors (Lipinski definition) is 6. The number of carbonyl (C=O) groups is 1. The van der Waals surface area contributed by atoms with Gasteiger partial charge in [0.25, 0.3) is 5.56 Å². The molecule has 4 aromatic rings. The van der Waals surface area contributed by atoms with Crippen LogP contribution in [0, 0.1) is 0 Å². The molecule has 9 heteroatoms. The lowest BCUT2D eigenvalue weighted by atomic mass is 9.90. The molecule has 0 radical (unpaired) electrons. The van der Waals surface area contributed by atoms with Crippen LogP contribution in [-0.4, -0.2) is 43.9 Å². The minimum atomic E-state index is -0.331. The first kappa shape index (κ1) is 23.3. The van der Waals surface area contributed by atoms with Crippen LogP contribution in [0.5, 0.6) is 11.5 Å². The van der Waals surface area contributed by atoms with Crippen molar-refractivity contribution >= 4 is 22.6 Å². The van der Waals surface area contributed by atoms with E-state index in [4.69, 9.17) is 15.6 Å². The topological polar surface area (TPSA) is 119 Å². The molecule has 1 fully saturated rings. The fourth-order valence-corrected chi connectivity index (χ4v) is 4.90. The Labute approximate surface area is 208 Å². The Kier molecular flexibility index (Phi) is 6.28. The summed E-state index contributed by atoms with van der Waals surface area (Å²) in [6.07, 6.45) is 4.51. The molecule has 5 rings (SSSR count). The van der Waals surface area contributed by atoms with E-state index in [0.717, 1.165) is 37.0 Å². The molecular weight excluding hydrogens is 456 g/mol. The normalized spacial score (nSPS) is 17.6. The van der Waals surface area contributed by atoms with Gasteiger partial charge in [-0.1, -0.05) is 24.8 Å². The highest BCUT2D eigenvalue weighted by Crippen LogP contribution is 2.37. The van der Waals surface area contributed by atoms with Gasteiger partial charge in [0.05, 0.1) is 11.4 Å². The Balaban J connectivity index is 1.46. The van der Waals surface area contributed by atoms with Crippen molar-refractivity contribution in [2.45, 2.75) is 37.8 Å². The van der Waals surface area contributed by atoms with Gasteiger partial charge in [-0.15, -0.1) is 0 Å². The van der Waals surface area contributed by atoms with Crippen LogP contribution in [0.4, 0.5) is 5.82 Å². The van der Waals surface area contributed by atoms with Gasteiger partial charge >= 0.3 is 0 Å². The van der Waals surface area contributed by atoms with E-state index < -0.39 is 0 Å². The number of nitrogens with two attached hydrogens (primary N) is 1. The Bertz CT molecular complexity index is 1450. The summed E-state index contributed by atoms with van der Waals surface area (Å²) >= 11 is 0. The van der Waals surface area contributed by atoms with Gasteiger partial charge in [0.2, 0.25) is 5.91 Å². The SMILES string of the molecule is C=CC(=O)N(C)C1CCC(n2nc(-c3ccc(Oc4ccccc4)cc3)c3c(N)n[nH]c(=O)c32)CC1. The zero-order chi connectivity index (χ0) is 25.2. The first-order chi connectivity index (χ1) is 17.5. The van der Waals surface area contributed by atoms with Crippen molar-refractivity contribution in [3.63, 3.8) is 0 Å². The lowest BCUT2D eigenvalue weighted by Gasteiger charge is -2.34. The van der Waals surface area contributed by atoms with E-state index in [1.165, 1.54) is 6.08 Å². The molecule has 1 aliphatic carbocycles. The van der Waals surface area contributed by atoms with Gasteiger partial charge < -0.3 is 15.4 Å². The van der Waals surface area contributed by atoms with Crippen LogP contribution in [-0.2, 0) is 4.79 Å². The number of benzene rings is 2. The molecule has 1 aliphatic rings. The van der Waals surface area contributed by atoms with Gasteiger partial charge in [-0.3, -0.25) is 14.3 Å². The highest BCUT2D eigenvalue weighted by Gasteiger charge is 2.30. The number of nitrogen functional groups attached to an aromatic ring is 1. The van der Waals surface area contributed by atoms with E-state index >= 15 is 0 Å². The Morgan fingerprint density at radius 2 is 1.78 bits per heavy atom. The second-order valence-corrected chi connectivity index (χ2v) is 9.01. The van der Waals surface area contributed by atoms with Crippen molar-refractivity contribution in [2.24, 2.45) is 0 Å². The molecule has 0 unspecified atom stereocenters. The maximum absolute atomic E-state index is 12.9. The average molecular weight is 485 g/mol. The highest BCUT2D eigenvalue weighted by molar-refractivity contribution is 5.99. The number of amides is 1. The van der Waals surface area contributed by atoms with Gasteiger partial charge in [-0.2, -0.15) is 10.2 Å². The van der Waals surface area contributed by atoms with Gasteiger partial charge in [0, 0.05) is 18.7 Å². The molecule has 3 N–H and O–H groups in total. The average Bonchev–Trinajstić information content (AvgIpc) is 3.33. The summed E-state index contributed by atoms with van der Waals surface area (Å²) in [4.78, 5) is 26.6. The lowest BCUT2D eigenvalue weighted by molar-refractivity contribution is -0.127. The first-order valence-electron chi connectivity index (χ1n) is 11.9. The second kappa shape index (κ2) is 9.69. The predicted octanol–water partition coefficient (Wildman–Crippen LogP) is 4.29. The molecule has 184 valence electrons. The molecule has 36 heavy (non-hydrogen) atoms. The molecule has 1 saturated carbocycles. The quantitative estimate of drug-likeness (QED) is 0.394. The molecule has 9 nitrogen and oxygen atoms in total. The van der Waals surface area contributed by atoms with Gasteiger partial charge in [-0.25, -0.2) is 5.10 Å². The number of nitrogens with zero attached hydrogens (tertiary/aromatic N) is 4. The number of aromatic amines is 1. The monoisotopic (exact) mass is 484 g/mol. The van der Waals surface area contributed by atoms with Crippen LogP contribution < -0.4 is 16.0 Å². The summed E-state index contributed by atoms with van der Waals surface area (Å²) in [7, 11) is 1.80. The van der Waals surface area contributed by atoms with Crippen molar-refractivity contribution in [1.29, 1.82) is 0 Å². The number of nitrogens with one attached hydrogen (secondary N) is 1. The van der Waals surface area contributed by atoms with Crippen molar-refractivity contribution in [1.82, 2.24) is 24.9 Å². The molecule has 0 atom stereocenters. The van der Waals surface area contributed by atoms with Crippen LogP contribution in [0.2, 0.25) is 0 Å². The number of aromatic nitrogens is 4. The van der Waals surface area contributed by atoms with Crippen LogP contribution in [0.15, 0.2) is 72.0 Å². The van der Waals surface area contributed by atoms with Gasteiger partial charge in [-0.05, 0) is 68.2 Å². The van der Waals surface area contributed by atoms with E-state index in [1.54, 1.807) is 16.6 Å². The van der Waals surface area contributed by atoms with Crippen LogP contribution in [0.1, 0.15) is 31.7 Å². The Morgan fingerprint density at radius 3 is 2.44 bits per heavy atom. The first-order valence-corrected chi connectivity index (χ1v) is 11.9.